The Bertz CT molecular complexity index is 375. The minimum absolute atomic E-state index is 0.377. The molecule has 1 saturated carbocycles. The second-order valence-corrected chi connectivity index (χ2v) is 4.43. The van der Waals surface area contributed by atoms with Gasteiger partial charge in [-0.05, 0) is 30.4 Å². The van der Waals surface area contributed by atoms with Crippen molar-refractivity contribution < 1.29 is 14.6 Å². The Kier molecular flexibility index (Phi) is 3.06. The Labute approximate surface area is 96.0 Å². The first-order chi connectivity index (χ1) is 7.67. The second kappa shape index (κ2) is 4.34. The van der Waals surface area contributed by atoms with Crippen LogP contribution in [0.15, 0.2) is 18.2 Å². The van der Waals surface area contributed by atoms with Crippen LogP contribution < -0.4 is 9.47 Å². The molecule has 0 aliphatic heterocycles. The Balaban J connectivity index is 2.25. The van der Waals surface area contributed by atoms with E-state index < -0.39 is 6.10 Å². The molecule has 0 radical (unpaired) electrons. The lowest BCUT2D eigenvalue weighted by molar-refractivity contribution is 0.144. The molecule has 0 heterocycles. The molecule has 16 heavy (non-hydrogen) atoms. The summed E-state index contributed by atoms with van der Waals surface area (Å²) in [6, 6.07) is 5.55. The molecule has 1 aliphatic carbocycles. The Morgan fingerprint density at radius 2 is 2.00 bits per heavy atom. The molecule has 1 fully saturated rings. The van der Waals surface area contributed by atoms with E-state index in [2.05, 4.69) is 6.92 Å². The maximum Gasteiger partial charge on any atom is 0.128 e. The average molecular weight is 222 g/mol. The van der Waals surface area contributed by atoms with Crippen molar-refractivity contribution in [3.05, 3.63) is 23.8 Å². The number of aliphatic hydroxyl groups is 1. The molecular formula is C13H18O3. The predicted octanol–water partition coefficient (Wildman–Crippen LogP) is 2.39. The van der Waals surface area contributed by atoms with Crippen LogP contribution in [-0.2, 0) is 0 Å². The third kappa shape index (κ3) is 2.00. The van der Waals surface area contributed by atoms with Gasteiger partial charge in [0.2, 0.25) is 0 Å². The predicted molar refractivity (Wildman–Crippen MR) is 61.8 cm³/mol. The van der Waals surface area contributed by atoms with Crippen LogP contribution in [0.5, 0.6) is 11.5 Å². The zero-order valence-electron chi connectivity index (χ0n) is 9.93. The van der Waals surface area contributed by atoms with Crippen molar-refractivity contribution in [2.24, 2.45) is 11.8 Å². The van der Waals surface area contributed by atoms with Crippen LogP contribution in [0.25, 0.3) is 0 Å². The van der Waals surface area contributed by atoms with E-state index in [-0.39, 0.29) is 0 Å². The lowest BCUT2D eigenvalue weighted by Gasteiger charge is -2.15. The SMILES string of the molecule is COc1ccc(C(O)C2CC2C)c(OC)c1. The van der Waals surface area contributed by atoms with Gasteiger partial charge in [-0.3, -0.25) is 0 Å². The van der Waals surface area contributed by atoms with Crippen LogP contribution in [0.1, 0.15) is 25.0 Å². The molecule has 1 aliphatic rings. The first kappa shape index (κ1) is 11.3. The molecule has 1 N–H and O–H groups in total. The molecule has 3 unspecified atom stereocenters. The molecule has 1 aromatic rings. The number of hydrogen-bond donors (Lipinski definition) is 1. The second-order valence-electron chi connectivity index (χ2n) is 4.43. The smallest absolute Gasteiger partial charge is 0.128 e. The highest BCUT2D eigenvalue weighted by Gasteiger charge is 2.40. The third-order valence-corrected chi connectivity index (χ3v) is 3.34. The summed E-state index contributed by atoms with van der Waals surface area (Å²) in [7, 11) is 3.23. The van der Waals surface area contributed by atoms with Crippen molar-refractivity contribution >= 4 is 0 Å². The first-order valence-corrected chi connectivity index (χ1v) is 5.57. The van der Waals surface area contributed by atoms with Crippen molar-refractivity contribution in [1.29, 1.82) is 0 Å². The topological polar surface area (TPSA) is 38.7 Å². The van der Waals surface area contributed by atoms with Gasteiger partial charge in [-0.25, -0.2) is 0 Å². The monoisotopic (exact) mass is 222 g/mol. The fourth-order valence-corrected chi connectivity index (χ4v) is 2.08. The van der Waals surface area contributed by atoms with Crippen molar-refractivity contribution in [3.63, 3.8) is 0 Å². The van der Waals surface area contributed by atoms with E-state index in [0.29, 0.717) is 17.6 Å². The lowest BCUT2D eigenvalue weighted by atomic mass is 10.0. The van der Waals surface area contributed by atoms with Gasteiger partial charge in [0, 0.05) is 11.6 Å². The maximum atomic E-state index is 10.2. The van der Waals surface area contributed by atoms with E-state index in [0.717, 1.165) is 17.7 Å². The van der Waals surface area contributed by atoms with Gasteiger partial charge in [0.1, 0.15) is 11.5 Å². The van der Waals surface area contributed by atoms with E-state index in [1.165, 1.54) is 0 Å². The molecule has 88 valence electrons. The number of ether oxygens (including phenoxy) is 2. The minimum Gasteiger partial charge on any atom is -0.497 e. The third-order valence-electron chi connectivity index (χ3n) is 3.34. The van der Waals surface area contributed by atoms with Gasteiger partial charge in [0.05, 0.1) is 20.3 Å². The molecule has 0 aromatic heterocycles. The number of hydrogen-bond acceptors (Lipinski definition) is 3. The largest absolute Gasteiger partial charge is 0.497 e. The Hall–Kier alpha value is -1.22. The van der Waals surface area contributed by atoms with E-state index >= 15 is 0 Å². The van der Waals surface area contributed by atoms with E-state index in [4.69, 9.17) is 9.47 Å². The van der Waals surface area contributed by atoms with E-state index in [1.807, 2.05) is 18.2 Å². The molecule has 3 heteroatoms. The average Bonchev–Trinajstić information content (AvgIpc) is 3.04. The summed E-state index contributed by atoms with van der Waals surface area (Å²) in [6.07, 6.45) is 0.673. The molecular weight excluding hydrogens is 204 g/mol. The number of methoxy groups -OCH3 is 2. The van der Waals surface area contributed by atoms with Crippen molar-refractivity contribution in [3.8, 4) is 11.5 Å². The van der Waals surface area contributed by atoms with Crippen molar-refractivity contribution in [2.45, 2.75) is 19.4 Å². The highest BCUT2D eigenvalue weighted by Crippen LogP contribution is 2.48. The normalized spacial score (nSPS) is 25.0. The van der Waals surface area contributed by atoms with Crippen LogP contribution in [0.4, 0.5) is 0 Å². The number of benzene rings is 1. The van der Waals surface area contributed by atoms with Gasteiger partial charge >= 0.3 is 0 Å². The molecule has 1 aromatic carbocycles. The molecule has 2 rings (SSSR count). The molecule has 0 saturated heterocycles. The van der Waals surface area contributed by atoms with E-state index in [9.17, 15) is 5.11 Å². The molecule has 3 nitrogen and oxygen atoms in total. The van der Waals surface area contributed by atoms with Crippen LogP contribution in [-0.4, -0.2) is 19.3 Å². The molecule has 0 spiro atoms. The summed E-state index contributed by atoms with van der Waals surface area (Å²) >= 11 is 0. The summed E-state index contributed by atoms with van der Waals surface area (Å²) in [5.41, 5.74) is 0.859. The standard InChI is InChI=1S/C13H18O3/c1-8-6-11(8)13(14)10-5-4-9(15-2)7-12(10)16-3/h4-5,7-8,11,13-14H,6H2,1-3H3. The van der Waals surface area contributed by atoms with Gasteiger partial charge in [0.15, 0.2) is 0 Å². The van der Waals surface area contributed by atoms with Crippen LogP contribution >= 0.6 is 0 Å². The fourth-order valence-electron chi connectivity index (χ4n) is 2.08. The summed E-state index contributed by atoms with van der Waals surface area (Å²) in [6.45, 7) is 2.16. The van der Waals surface area contributed by atoms with Gasteiger partial charge in [-0.1, -0.05) is 6.92 Å². The van der Waals surface area contributed by atoms with Gasteiger partial charge in [0.25, 0.3) is 0 Å². The first-order valence-electron chi connectivity index (χ1n) is 5.57. The van der Waals surface area contributed by atoms with Crippen LogP contribution in [0.3, 0.4) is 0 Å². The molecule has 0 amide bonds. The van der Waals surface area contributed by atoms with Crippen molar-refractivity contribution in [2.75, 3.05) is 14.2 Å². The number of aliphatic hydroxyl groups excluding tert-OH is 1. The summed E-state index contributed by atoms with van der Waals surface area (Å²) in [5.74, 6) is 2.44. The Morgan fingerprint density at radius 3 is 2.50 bits per heavy atom. The minimum atomic E-state index is -0.421. The summed E-state index contributed by atoms with van der Waals surface area (Å²) < 4.78 is 10.4. The zero-order valence-corrected chi connectivity index (χ0v) is 9.93. The molecule has 0 bridgehead atoms. The quantitative estimate of drug-likeness (QED) is 0.850. The van der Waals surface area contributed by atoms with Crippen LogP contribution in [0, 0.1) is 11.8 Å². The lowest BCUT2D eigenvalue weighted by Crippen LogP contribution is -2.04. The van der Waals surface area contributed by atoms with Gasteiger partial charge < -0.3 is 14.6 Å². The van der Waals surface area contributed by atoms with Crippen molar-refractivity contribution in [1.82, 2.24) is 0 Å². The molecule has 3 atom stereocenters. The van der Waals surface area contributed by atoms with Gasteiger partial charge in [-0.15, -0.1) is 0 Å². The van der Waals surface area contributed by atoms with Crippen LogP contribution in [0.2, 0.25) is 0 Å². The Morgan fingerprint density at radius 1 is 1.31 bits per heavy atom. The van der Waals surface area contributed by atoms with E-state index in [1.54, 1.807) is 14.2 Å². The highest BCUT2D eigenvalue weighted by atomic mass is 16.5. The highest BCUT2D eigenvalue weighted by molar-refractivity contribution is 5.42. The van der Waals surface area contributed by atoms with Gasteiger partial charge in [-0.2, -0.15) is 0 Å². The maximum absolute atomic E-state index is 10.2. The summed E-state index contributed by atoms with van der Waals surface area (Å²) in [5, 5.41) is 10.2. The summed E-state index contributed by atoms with van der Waals surface area (Å²) in [4.78, 5) is 0. The number of rotatable bonds is 4. The zero-order chi connectivity index (χ0) is 11.7. The fraction of sp³-hybridized carbons (Fsp3) is 0.538.